The summed E-state index contributed by atoms with van der Waals surface area (Å²) in [6, 6.07) is 7.92. The Morgan fingerprint density at radius 2 is 1.76 bits per heavy atom. The molecule has 0 fully saturated rings. The number of amides is 1. The largest absolute Gasteiger partial charge is 0.326 e. The molecule has 0 saturated carbocycles. The Labute approximate surface area is 119 Å². The predicted octanol–water partition coefficient (Wildman–Crippen LogP) is 3.08. The van der Waals surface area contributed by atoms with Crippen molar-refractivity contribution >= 4 is 17.4 Å². The summed E-state index contributed by atoms with van der Waals surface area (Å²) >= 11 is 0. The molecule has 1 amide bonds. The zero-order chi connectivity index (χ0) is 15.0. The Morgan fingerprint density at radius 3 is 2.48 bits per heavy atom. The fourth-order valence-electron chi connectivity index (χ4n) is 2.38. The van der Waals surface area contributed by atoms with E-state index in [9.17, 15) is 18.4 Å². The summed E-state index contributed by atoms with van der Waals surface area (Å²) in [6.45, 7) is 0. The quantitative estimate of drug-likeness (QED) is 0.863. The molecule has 0 atom stereocenters. The first-order valence-corrected chi connectivity index (χ1v) is 6.48. The van der Waals surface area contributed by atoms with Crippen LogP contribution in [0.5, 0.6) is 0 Å². The molecule has 2 aromatic rings. The number of carbonyl (C=O) groups excluding carboxylic acids is 2. The first kappa shape index (κ1) is 13.4. The molecule has 2 aromatic carbocycles. The van der Waals surface area contributed by atoms with Gasteiger partial charge in [0.2, 0.25) is 5.91 Å². The molecule has 0 unspecified atom stereocenters. The molecule has 0 saturated heterocycles. The second kappa shape index (κ2) is 5.09. The topological polar surface area (TPSA) is 46.2 Å². The van der Waals surface area contributed by atoms with Crippen LogP contribution in [0.1, 0.15) is 27.9 Å². The summed E-state index contributed by atoms with van der Waals surface area (Å²) in [6.07, 6.45) is 0.834. The van der Waals surface area contributed by atoms with Crippen LogP contribution in [0.3, 0.4) is 0 Å². The van der Waals surface area contributed by atoms with Crippen molar-refractivity contribution in [2.45, 2.75) is 12.8 Å². The number of anilines is 1. The zero-order valence-electron chi connectivity index (χ0n) is 11.0. The SMILES string of the molecule is O=C1CCc2cc(C(=O)c3c(F)cccc3F)ccc2N1. The number of nitrogens with one attached hydrogen (secondary N) is 1. The van der Waals surface area contributed by atoms with Crippen molar-refractivity contribution in [1.82, 2.24) is 0 Å². The maximum Gasteiger partial charge on any atom is 0.224 e. The van der Waals surface area contributed by atoms with Gasteiger partial charge in [-0.2, -0.15) is 0 Å². The highest BCUT2D eigenvalue weighted by Gasteiger charge is 2.21. The minimum Gasteiger partial charge on any atom is -0.326 e. The van der Waals surface area contributed by atoms with Crippen molar-refractivity contribution in [3.8, 4) is 0 Å². The fraction of sp³-hybridized carbons (Fsp3) is 0.125. The molecule has 0 bridgehead atoms. The third-order valence-electron chi connectivity index (χ3n) is 3.45. The van der Waals surface area contributed by atoms with Crippen LogP contribution in [0.4, 0.5) is 14.5 Å². The number of aryl methyl sites for hydroxylation is 1. The molecule has 21 heavy (non-hydrogen) atoms. The van der Waals surface area contributed by atoms with Crippen LogP contribution in [0.15, 0.2) is 36.4 Å². The van der Waals surface area contributed by atoms with Gasteiger partial charge < -0.3 is 5.32 Å². The van der Waals surface area contributed by atoms with E-state index >= 15 is 0 Å². The van der Waals surface area contributed by atoms with Gasteiger partial charge in [-0.05, 0) is 42.3 Å². The van der Waals surface area contributed by atoms with E-state index in [1.807, 2.05) is 0 Å². The number of carbonyl (C=O) groups is 2. The molecule has 0 aromatic heterocycles. The summed E-state index contributed by atoms with van der Waals surface area (Å²) in [5.41, 5.74) is 1.07. The third-order valence-corrected chi connectivity index (χ3v) is 3.45. The van der Waals surface area contributed by atoms with Crippen molar-refractivity contribution in [3.63, 3.8) is 0 Å². The third kappa shape index (κ3) is 2.42. The van der Waals surface area contributed by atoms with Gasteiger partial charge in [0.15, 0.2) is 5.78 Å². The minimum absolute atomic E-state index is 0.0817. The lowest BCUT2D eigenvalue weighted by Gasteiger charge is -2.17. The molecule has 1 heterocycles. The number of hydrogen-bond acceptors (Lipinski definition) is 2. The molecule has 1 aliphatic rings. The molecule has 0 radical (unpaired) electrons. The number of halogens is 2. The highest BCUT2D eigenvalue weighted by atomic mass is 19.1. The average Bonchev–Trinajstić information content (AvgIpc) is 2.46. The second-order valence-corrected chi connectivity index (χ2v) is 4.85. The van der Waals surface area contributed by atoms with E-state index in [0.717, 1.165) is 17.7 Å². The van der Waals surface area contributed by atoms with E-state index in [-0.39, 0.29) is 11.5 Å². The van der Waals surface area contributed by atoms with Gasteiger partial charge in [-0.1, -0.05) is 6.07 Å². The van der Waals surface area contributed by atoms with Gasteiger partial charge in [-0.15, -0.1) is 0 Å². The van der Waals surface area contributed by atoms with E-state index in [1.54, 1.807) is 12.1 Å². The standard InChI is InChI=1S/C16H11F2NO2/c17-11-2-1-3-12(18)15(11)16(21)10-4-6-13-9(8-10)5-7-14(20)19-13/h1-4,6,8H,5,7H2,(H,19,20). The molecule has 1 aliphatic heterocycles. The Hall–Kier alpha value is -2.56. The van der Waals surface area contributed by atoms with Crippen molar-refractivity contribution < 1.29 is 18.4 Å². The molecular weight excluding hydrogens is 276 g/mol. The Bertz CT molecular complexity index is 736. The fourth-order valence-corrected chi connectivity index (χ4v) is 2.38. The van der Waals surface area contributed by atoms with Gasteiger partial charge in [0, 0.05) is 17.7 Å². The van der Waals surface area contributed by atoms with E-state index < -0.39 is 23.0 Å². The van der Waals surface area contributed by atoms with E-state index in [1.165, 1.54) is 12.1 Å². The van der Waals surface area contributed by atoms with Gasteiger partial charge in [0.05, 0.1) is 5.56 Å². The van der Waals surface area contributed by atoms with Gasteiger partial charge in [0.25, 0.3) is 0 Å². The van der Waals surface area contributed by atoms with Crippen LogP contribution in [0.2, 0.25) is 0 Å². The highest BCUT2D eigenvalue weighted by Crippen LogP contribution is 2.25. The predicted molar refractivity (Wildman–Crippen MR) is 73.2 cm³/mol. The molecule has 0 spiro atoms. The summed E-state index contributed by atoms with van der Waals surface area (Å²) in [4.78, 5) is 23.5. The van der Waals surface area contributed by atoms with E-state index in [2.05, 4.69) is 5.32 Å². The van der Waals surface area contributed by atoms with Crippen LogP contribution in [-0.4, -0.2) is 11.7 Å². The van der Waals surface area contributed by atoms with Crippen LogP contribution in [-0.2, 0) is 11.2 Å². The number of hydrogen-bond donors (Lipinski definition) is 1. The zero-order valence-corrected chi connectivity index (χ0v) is 11.0. The van der Waals surface area contributed by atoms with Crippen LogP contribution < -0.4 is 5.32 Å². The van der Waals surface area contributed by atoms with Crippen molar-refractivity contribution in [1.29, 1.82) is 0 Å². The normalized spacial score (nSPS) is 13.5. The average molecular weight is 287 g/mol. The van der Waals surface area contributed by atoms with Crippen LogP contribution in [0.25, 0.3) is 0 Å². The van der Waals surface area contributed by atoms with Crippen molar-refractivity contribution in [3.05, 3.63) is 64.7 Å². The minimum atomic E-state index is -0.883. The Balaban J connectivity index is 2.01. The van der Waals surface area contributed by atoms with Gasteiger partial charge >= 0.3 is 0 Å². The second-order valence-electron chi connectivity index (χ2n) is 4.85. The lowest BCUT2D eigenvalue weighted by Crippen LogP contribution is -2.19. The molecule has 3 rings (SSSR count). The smallest absolute Gasteiger partial charge is 0.224 e. The lowest BCUT2D eigenvalue weighted by atomic mass is 9.96. The van der Waals surface area contributed by atoms with Crippen molar-refractivity contribution in [2.24, 2.45) is 0 Å². The number of rotatable bonds is 2. The Kier molecular flexibility index (Phi) is 3.25. The summed E-state index contributed by atoms with van der Waals surface area (Å²) in [5.74, 6) is -2.55. The van der Waals surface area contributed by atoms with Crippen LogP contribution >= 0.6 is 0 Å². The van der Waals surface area contributed by atoms with Crippen molar-refractivity contribution in [2.75, 3.05) is 5.32 Å². The molecule has 1 N–H and O–H groups in total. The van der Waals surface area contributed by atoms with E-state index in [0.29, 0.717) is 18.5 Å². The van der Waals surface area contributed by atoms with Gasteiger partial charge in [-0.25, -0.2) is 8.78 Å². The number of fused-ring (bicyclic) bond motifs is 1. The molecule has 106 valence electrons. The monoisotopic (exact) mass is 287 g/mol. The van der Waals surface area contributed by atoms with Gasteiger partial charge in [-0.3, -0.25) is 9.59 Å². The summed E-state index contributed by atoms with van der Waals surface area (Å²) in [5, 5.41) is 2.69. The van der Waals surface area contributed by atoms with E-state index in [4.69, 9.17) is 0 Å². The first-order chi connectivity index (χ1) is 10.1. The molecule has 5 heteroatoms. The summed E-state index contributed by atoms with van der Waals surface area (Å²) < 4.78 is 27.3. The maximum absolute atomic E-state index is 13.7. The maximum atomic E-state index is 13.7. The van der Waals surface area contributed by atoms with Crippen LogP contribution in [0, 0.1) is 11.6 Å². The molecule has 0 aliphatic carbocycles. The number of ketones is 1. The van der Waals surface area contributed by atoms with Gasteiger partial charge in [0.1, 0.15) is 11.6 Å². The first-order valence-electron chi connectivity index (χ1n) is 6.48. The lowest BCUT2D eigenvalue weighted by molar-refractivity contribution is -0.116. The highest BCUT2D eigenvalue weighted by molar-refractivity contribution is 6.10. The molecule has 3 nitrogen and oxygen atoms in total. The molecular formula is C16H11F2NO2. The summed E-state index contributed by atoms with van der Waals surface area (Å²) in [7, 11) is 0. The Morgan fingerprint density at radius 1 is 1.05 bits per heavy atom. The number of benzene rings is 2.